The molecule has 0 amide bonds. The Morgan fingerprint density at radius 1 is 1.41 bits per heavy atom. The third-order valence-electron chi connectivity index (χ3n) is 3.00. The monoisotopic (exact) mass is 238 g/mol. The lowest BCUT2D eigenvalue weighted by Gasteiger charge is -2.27. The summed E-state index contributed by atoms with van der Waals surface area (Å²) in [6.45, 7) is 4.76. The summed E-state index contributed by atoms with van der Waals surface area (Å²) in [5.41, 5.74) is 0.985. The number of ether oxygens (including phenoxy) is 1. The molecule has 0 bridgehead atoms. The van der Waals surface area contributed by atoms with Crippen molar-refractivity contribution >= 4 is 5.97 Å². The third kappa shape index (κ3) is 2.26. The van der Waals surface area contributed by atoms with Crippen LogP contribution in [-0.2, 0) is 10.2 Å². The number of carboxylic acids is 1. The van der Waals surface area contributed by atoms with Gasteiger partial charge >= 0.3 is 5.97 Å². The molecule has 0 aliphatic carbocycles. The average Bonchev–Trinajstić information content (AvgIpc) is 2.26. The van der Waals surface area contributed by atoms with E-state index in [1.165, 1.54) is 14.0 Å². The second-order valence-electron chi connectivity index (χ2n) is 4.45. The number of methoxy groups -OCH3 is 1. The third-order valence-corrected chi connectivity index (χ3v) is 3.00. The summed E-state index contributed by atoms with van der Waals surface area (Å²) in [5.74, 6) is -0.563. The van der Waals surface area contributed by atoms with E-state index in [4.69, 9.17) is 4.74 Å². The molecule has 0 heterocycles. The van der Waals surface area contributed by atoms with Gasteiger partial charge in [-0.15, -0.1) is 0 Å². The molecule has 1 aromatic rings. The van der Waals surface area contributed by atoms with Gasteiger partial charge in [0.05, 0.1) is 13.7 Å². The molecule has 0 saturated heterocycles. The van der Waals surface area contributed by atoms with E-state index >= 15 is 0 Å². The summed E-state index contributed by atoms with van der Waals surface area (Å²) in [4.78, 5) is 11.3. The van der Waals surface area contributed by atoms with Gasteiger partial charge in [0.15, 0.2) is 0 Å². The van der Waals surface area contributed by atoms with Crippen LogP contribution < -0.4 is 4.74 Å². The van der Waals surface area contributed by atoms with Crippen LogP contribution in [0.25, 0.3) is 0 Å². The second-order valence-corrected chi connectivity index (χ2v) is 4.45. The lowest BCUT2D eigenvalue weighted by atomic mass is 9.79. The van der Waals surface area contributed by atoms with Crippen LogP contribution in [0.4, 0.5) is 0 Å². The Kier molecular flexibility index (Phi) is 3.78. The lowest BCUT2D eigenvalue weighted by Crippen LogP contribution is -2.37. The molecule has 0 saturated carbocycles. The van der Waals surface area contributed by atoms with E-state index < -0.39 is 18.0 Å². The van der Waals surface area contributed by atoms with Crippen molar-refractivity contribution in [2.24, 2.45) is 0 Å². The quantitative estimate of drug-likeness (QED) is 0.837. The van der Waals surface area contributed by atoms with Gasteiger partial charge in [-0.25, -0.2) is 0 Å². The number of rotatable bonds is 4. The molecule has 94 valence electrons. The van der Waals surface area contributed by atoms with Crippen molar-refractivity contribution in [1.29, 1.82) is 0 Å². The van der Waals surface area contributed by atoms with E-state index in [1.807, 2.05) is 19.9 Å². The van der Waals surface area contributed by atoms with Gasteiger partial charge in [-0.3, -0.25) is 4.79 Å². The Labute approximate surface area is 101 Å². The molecular weight excluding hydrogens is 220 g/mol. The Balaban J connectivity index is 3.53. The maximum atomic E-state index is 11.3. The van der Waals surface area contributed by atoms with Gasteiger partial charge in [0, 0.05) is 5.56 Å². The molecule has 0 aliphatic rings. The van der Waals surface area contributed by atoms with Gasteiger partial charge < -0.3 is 14.9 Å². The van der Waals surface area contributed by atoms with Crippen LogP contribution in [0.3, 0.4) is 0 Å². The van der Waals surface area contributed by atoms with E-state index in [0.29, 0.717) is 11.3 Å². The summed E-state index contributed by atoms with van der Waals surface area (Å²) in [7, 11) is 1.50. The van der Waals surface area contributed by atoms with Crippen LogP contribution in [0.2, 0.25) is 0 Å². The summed E-state index contributed by atoms with van der Waals surface area (Å²) in [6, 6.07) is 3.66. The van der Waals surface area contributed by atoms with Crippen molar-refractivity contribution in [3.8, 4) is 5.75 Å². The maximum absolute atomic E-state index is 11.3. The number of hydrogen-bond acceptors (Lipinski definition) is 3. The molecule has 4 heteroatoms. The highest BCUT2D eigenvalue weighted by Gasteiger charge is 2.38. The van der Waals surface area contributed by atoms with Crippen molar-refractivity contribution in [3.63, 3.8) is 0 Å². The molecule has 0 fully saturated rings. The van der Waals surface area contributed by atoms with Gasteiger partial charge in [0.2, 0.25) is 0 Å². The highest BCUT2D eigenvalue weighted by molar-refractivity contribution is 5.83. The van der Waals surface area contributed by atoms with E-state index in [9.17, 15) is 15.0 Å². The van der Waals surface area contributed by atoms with Crippen LogP contribution in [0, 0.1) is 13.8 Å². The van der Waals surface area contributed by atoms with Crippen LogP contribution in [-0.4, -0.2) is 29.9 Å². The summed E-state index contributed by atoms with van der Waals surface area (Å²) in [6.07, 6.45) is 0. The number of carboxylic acid groups (broad SMARTS) is 1. The summed E-state index contributed by atoms with van der Waals surface area (Å²) >= 11 is 0. The molecule has 1 atom stereocenters. The first kappa shape index (κ1) is 13.5. The molecule has 0 aromatic heterocycles. The number of hydrogen-bond donors (Lipinski definition) is 2. The Morgan fingerprint density at radius 2 is 2.00 bits per heavy atom. The predicted octanol–water partition coefficient (Wildman–Crippen LogP) is 1.65. The molecule has 17 heavy (non-hydrogen) atoms. The first-order chi connectivity index (χ1) is 7.86. The smallest absolute Gasteiger partial charge is 0.316 e. The van der Waals surface area contributed by atoms with Gasteiger partial charge in [0.25, 0.3) is 0 Å². The molecule has 0 aliphatic heterocycles. The molecule has 1 aromatic carbocycles. The molecule has 1 unspecified atom stereocenters. The molecule has 0 radical (unpaired) electrons. The predicted molar refractivity (Wildman–Crippen MR) is 64.5 cm³/mol. The van der Waals surface area contributed by atoms with Gasteiger partial charge in [-0.1, -0.05) is 6.07 Å². The van der Waals surface area contributed by atoms with Crippen molar-refractivity contribution in [3.05, 3.63) is 28.8 Å². The summed E-state index contributed by atoms with van der Waals surface area (Å²) < 4.78 is 5.23. The topological polar surface area (TPSA) is 66.8 Å². The van der Waals surface area contributed by atoms with Crippen molar-refractivity contribution in [2.75, 3.05) is 13.7 Å². The van der Waals surface area contributed by atoms with Gasteiger partial charge in [-0.2, -0.15) is 0 Å². The first-order valence-electron chi connectivity index (χ1n) is 5.36. The number of aliphatic carboxylic acids is 1. The highest BCUT2D eigenvalue weighted by atomic mass is 16.5. The fraction of sp³-hybridized carbons (Fsp3) is 0.462. The minimum Gasteiger partial charge on any atom is -0.496 e. The maximum Gasteiger partial charge on any atom is 0.316 e. The molecular formula is C13H18O4. The minimum absolute atomic E-state index is 0.470. The molecule has 2 N–H and O–H groups in total. The van der Waals surface area contributed by atoms with Crippen molar-refractivity contribution in [2.45, 2.75) is 26.2 Å². The SMILES string of the molecule is COc1cc(C)cc(C)c1C(C)(CO)C(=O)O. The highest BCUT2D eigenvalue weighted by Crippen LogP contribution is 2.35. The zero-order valence-electron chi connectivity index (χ0n) is 10.6. The van der Waals surface area contributed by atoms with Gasteiger partial charge in [0.1, 0.15) is 11.2 Å². The lowest BCUT2D eigenvalue weighted by molar-refractivity contribution is -0.144. The zero-order valence-corrected chi connectivity index (χ0v) is 10.6. The average molecular weight is 238 g/mol. The fourth-order valence-corrected chi connectivity index (χ4v) is 2.05. The first-order valence-corrected chi connectivity index (χ1v) is 5.36. The fourth-order valence-electron chi connectivity index (χ4n) is 2.05. The molecule has 1 rings (SSSR count). The van der Waals surface area contributed by atoms with Crippen molar-refractivity contribution in [1.82, 2.24) is 0 Å². The number of aliphatic hydroxyl groups is 1. The number of benzene rings is 1. The number of carbonyl (C=O) groups is 1. The van der Waals surface area contributed by atoms with E-state index in [1.54, 1.807) is 6.07 Å². The van der Waals surface area contributed by atoms with Crippen LogP contribution in [0.5, 0.6) is 5.75 Å². The van der Waals surface area contributed by atoms with E-state index in [-0.39, 0.29) is 0 Å². The van der Waals surface area contributed by atoms with E-state index in [0.717, 1.165) is 11.1 Å². The normalized spacial score (nSPS) is 14.2. The minimum atomic E-state index is -1.34. The van der Waals surface area contributed by atoms with Crippen LogP contribution in [0.15, 0.2) is 12.1 Å². The number of aliphatic hydroxyl groups excluding tert-OH is 1. The molecule has 4 nitrogen and oxygen atoms in total. The molecule has 0 spiro atoms. The second kappa shape index (κ2) is 4.75. The largest absolute Gasteiger partial charge is 0.496 e. The van der Waals surface area contributed by atoms with Crippen LogP contribution >= 0.6 is 0 Å². The van der Waals surface area contributed by atoms with Gasteiger partial charge in [-0.05, 0) is 38.0 Å². The standard InChI is InChI=1S/C13H18O4/c1-8-5-9(2)11(10(6-8)17-4)13(3,7-14)12(15)16/h5-6,14H,7H2,1-4H3,(H,15,16). The number of aryl methyl sites for hydroxylation is 2. The van der Waals surface area contributed by atoms with Crippen LogP contribution in [0.1, 0.15) is 23.6 Å². The Hall–Kier alpha value is -1.55. The van der Waals surface area contributed by atoms with Crippen molar-refractivity contribution < 1.29 is 19.7 Å². The summed E-state index contributed by atoms with van der Waals surface area (Å²) in [5, 5.41) is 18.7. The zero-order chi connectivity index (χ0) is 13.2. The van der Waals surface area contributed by atoms with E-state index in [2.05, 4.69) is 0 Å². The Bertz CT molecular complexity index is 439. The Morgan fingerprint density at radius 3 is 2.41 bits per heavy atom.